The molecule has 10 heteroatoms. The van der Waals surface area contributed by atoms with Crippen LogP contribution in [0.2, 0.25) is 0 Å². The zero-order valence-corrected chi connectivity index (χ0v) is 19.0. The highest BCUT2D eigenvalue weighted by molar-refractivity contribution is 7.17. The number of thiazole rings is 1. The summed E-state index contributed by atoms with van der Waals surface area (Å²) in [7, 11) is 0. The van der Waals surface area contributed by atoms with Crippen LogP contribution in [0.25, 0.3) is 4.96 Å². The molecule has 5 rings (SSSR count). The highest BCUT2D eigenvalue weighted by Gasteiger charge is 2.32. The van der Waals surface area contributed by atoms with Crippen molar-refractivity contribution in [3.63, 3.8) is 0 Å². The lowest BCUT2D eigenvalue weighted by molar-refractivity contribution is -0.384. The van der Waals surface area contributed by atoms with Crippen molar-refractivity contribution < 1.29 is 10.0 Å². The minimum atomic E-state index is -0.398. The molecular formula is C23H24N6O3S. The van der Waals surface area contributed by atoms with Gasteiger partial charge >= 0.3 is 0 Å². The minimum Gasteiger partial charge on any atom is -0.492 e. The Morgan fingerprint density at radius 3 is 2.42 bits per heavy atom. The molecule has 33 heavy (non-hydrogen) atoms. The van der Waals surface area contributed by atoms with Crippen molar-refractivity contribution in [2.45, 2.75) is 19.5 Å². The number of piperazine rings is 1. The number of aryl methyl sites for hydroxylation is 1. The number of aromatic hydroxyl groups is 1. The summed E-state index contributed by atoms with van der Waals surface area (Å²) in [4.78, 5) is 21.3. The molecule has 0 radical (unpaired) electrons. The molecule has 2 aromatic heterocycles. The van der Waals surface area contributed by atoms with Crippen molar-refractivity contribution in [1.82, 2.24) is 24.4 Å². The first kappa shape index (κ1) is 21.5. The van der Waals surface area contributed by atoms with Gasteiger partial charge in [0, 0.05) is 44.9 Å². The lowest BCUT2D eigenvalue weighted by atomic mass is 10.0. The summed E-state index contributed by atoms with van der Waals surface area (Å²) in [6.45, 7) is 6.08. The molecule has 0 bridgehead atoms. The van der Waals surface area contributed by atoms with E-state index in [1.54, 1.807) is 19.1 Å². The van der Waals surface area contributed by atoms with Crippen LogP contribution in [-0.4, -0.2) is 60.6 Å². The van der Waals surface area contributed by atoms with Crippen molar-refractivity contribution in [1.29, 1.82) is 0 Å². The average Bonchev–Trinajstić information content (AvgIpc) is 3.33. The molecule has 1 aliphatic rings. The van der Waals surface area contributed by atoms with Crippen LogP contribution < -0.4 is 0 Å². The van der Waals surface area contributed by atoms with Crippen molar-refractivity contribution in [2.75, 3.05) is 26.2 Å². The summed E-state index contributed by atoms with van der Waals surface area (Å²) in [5.41, 5.74) is 2.23. The fourth-order valence-electron chi connectivity index (χ4n) is 4.35. The van der Waals surface area contributed by atoms with Crippen LogP contribution >= 0.6 is 11.3 Å². The van der Waals surface area contributed by atoms with Crippen LogP contribution in [0.3, 0.4) is 0 Å². The Labute approximate surface area is 194 Å². The van der Waals surface area contributed by atoms with E-state index < -0.39 is 4.92 Å². The number of nitrogens with zero attached hydrogens (tertiary/aromatic N) is 6. The lowest BCUT2D eigenvalue weighted by Crippen LogP contribution is -2.47. The van der Waals surface area contributed by atoms with E-state index in [1.165, 1.54) is 33.5 Å². The quantitative estimate of drug-likeness (QED) is 0.344. The standard InChI is InChI=1S/C23H24N6O3S/c1-16-24-23-28(25-16)22(30)21(33-23)20(18-7-9-19(10-8-18)29(31)32)27-13-11-26(12-14-27)15-17-5-3-2-4-6-17/h2-10,20,30H,11-15H2,1H3/t20-/m0/s1. The number of aromatic nitrogens is 3. The Hall–Kier alpha value is -3.34. The van der Waals surface area contributed by atoms with E-state index in [1.807, 2.05) is 6.07 Å². The average molecular weight is 465 g/mol. The molecule has 2 aromatic carbocycles. The molecule has 4 aromatic rings. The van der Waals surface area contributed by atoms with Crippen molar-refractivity contribution >= 4 is 22.0 Å². The van der Waals surface area contributed by atoms with E-state index >= 15 is 0 Å². The fourth-order valence-corrected chi connectivity index (χ4v) is 5.52. The molecule has 1 fully saturated rings. The Kier molecular flexibility index (Phi) is 5.79. The molecule has 1 saturated heterocycles. The highest BCUT2D eigenvalue weighted by Crippen LogP contribution is 2.40. The number of hydrogen-bond donors (Lipinski definition) is 1. The topological polar surface area (TPSA) is 100 Å². The second kappa shape index (κ2) is 8.89. The van der Waals surface area contributed by atoms with Crippen LogP contribution in [-0.2, 0) is 6.54 Å². The number of benzene rings is 2. The summed E-state index contributed by atoms with van der Waals surface area (Å²) in [6.07, 6.45) is 0. The predicted molar refractivity (Wildman–Crippen MR) is 125 cm³/mol. The molecule has 1 aliphatic heterocycles. The minimum absolute atomic E-state index is 0.0488. The summed E-state index contributed by atoms with van der Waals surface area (Å²) in [6, 6.07) is 16.8. The van der Waals surface area contributed by atoms with Gasteiger partial charge in [0.15, 0.2) is 0 Å². The summed E-state index contributed by atoms with van der Waals surface area (Å²) in [5.74, 6) is 0.676. The first-order valence-corrected chi connectivity index (χ1v) is 11.6. The smallest absolute Gasteiger partial charge is 0.269 e. The Morgan fingerprint density at radius 1 is 1.09 bits per heavy atom. The Morgan fingerprint density at radius 2 is 1.79 bits per heavy atom. The molecular weight excluding hydrogens is 440 g/mol. The summed E-state index contributed by atoms with van der Waals surface area (Å²) >= 11 is 1.41. The van der Waals surface area contributed by atoms with Crippen LogP contribution in [0.1, 0.15) is 27.9 Å². The number of rotatable bonds is 6. The maximum Gasteiger partial charge on any atom is 0.269 e. The fraction of sp³-hybridized carbons (Fsp3) is 0.304. The van der Waals surface area contributed by atoms with E-state index in [2.05, 4.69) is 44.1 Å². The summed E-state index contributed by atoms with van der Waals surface area (Å²) in [5, 5.41) is 26.4. The van der Waals surface area contributed by atoms with Gasteiger partial charge in [0.25, 0.3) is 5.69 Å². The number of nitro benzene ring substituents is 1. The van der Waals surface area contributed by atoms with Crippen LogP contribution in [0.15, 0.2) is 54.6 Å². The van der Waals surface area contributed by atoms with E-state index in [0.717, 1.165) is 43.2 Å². The molecule has 0 unspecified atom stereocenters. The van der Waals surface area contributed by atoms with Gasteiger partial charge in [-0.25, -0.2) is 4.98 Å². The monoisotopic (exact) mass is 464 g/mol. The van der Waals surface area contributed by atoms with Crippen LogP contribution in [0.4, 0.5) is 5.69 Å². The number of non-ortho nitro benzene ring substituents is 1. The van der Waals surface area contributed by atoms with Gasteiger partial charge in [0.1, 0.15) is 5.82 Å². The third-order valence-corrected chi connectivity index (χ3v) is 7.07. The lowest BCUT2D eigenvalue weighted by Gasteiger charge is -2.39. The number of fused-ring (bicyclic) bond motifs is 1. The van der Waals surface area contributed by atoms with Gasteiger partial charge in [0.05, 0.1) is 15.8 Å². The van der Waals surface area contributed by atoms with Gasteiger partial charge in [-0.15, -0.1) is 5.10 Å². The van der Waals surface area contributed by atoms with Crippen LogP contribution in [0.5, 0.6) is 5.88 Å². The SMILES string of the molecule is Cc1nc2sc([C@H](c3ccc([N+](=O)[O-])cc3)N3CCN(Cc4ccccc4)CC3)c(O)n2n1. The number of nitro groups is 1. The second-order valence-corrected chi connectivity index (χ2v) is 9.20. The molecule has 9 nitrogen and oxygen atoms in total. The first-order chi connectivity index (χ1) is 16.0. The van der Waals surface area contributed by atoms with Gasteiger partial charge in [-0.2, -0.15) is 4.52 Å². The Balaban J connectivity index is 1.43. The number of hydrogen-bond acceptors (Lipinski definition) is 8. The summed E-state index contributed by atoms with van der Waals surface area (Å²) < 4.78 is 1.47. The van der Waals surface area contributed by atoms with Crippen molar-refractivity contribution in [3.8, 4) is 5.88 Å². The maximum atomic E-state index is 11.1. The van der Waals surface area contributed by atoms with Crippen LogP contribution in [0, 0.1) is 17.0 Å². The highest BCUT2D eigenvalue weighted by atomic mass is 32.1. The van der Waals surface area contributed by atoms with Gasteiger partial charge in [-0.1, -0.05) is 53.8 Å². The van der Waals surface area contributed by atoms with Gasteiger partial charge < -0.3 is 5.11 Å². The van der Waals surface area contributed by atoms with E-state index in [0.29, 0.717) is 10.8 Å². The van der Waals surface area contributed by atoms with E-state index in [9.17, 15) is 15.2 Å². The molecule has 1 atom stereocenters. The van der Waals surface area contributed by atoms with Crippen molar-refractivity contribution in [2.24, 2.45) is 0 Å². The van der Waals surface area contributed by atoms with E-state index in [-0.39, 0.29) is 17.6 Å². The zero-order chi connectivity index (χ0) is 22.9. The zero-order valence-electron chi connectivity index (χ0n) is 18.2. The maximum absolute atomic E-state index is 11.1. The third-order valence-electron chi connectivity index (χ3n) is 5.99. The largest absolute Gasteiger partial charge is 0.492 e. The second-order valence-electron chi connectivity index (χ2n) is 8.19. The van der Waals surface area contributed by atoms with E-state index in [4.69, 9.17) is 0 Å². The molecule has 0 spiro atoms. The molecule has 1 N–H and O–H groups in total. The Bertz CT molecular complexity index is 1260. The van der Waals surface area contributed by atoms with Crippen molar-refractivity contribution in [3.05, 3.63) is 86.5 Å². The molecule has 3 heterocycles. The molecule has 0 saturated carbocycles. The molecule has 0 aliphatic carbocycles. The van der Waals surface area contributed by atoms with Gasteiger partial charge in [-0.3, -0.25) is 19.9 Å². The molecule has 0 amide bonds. The van der Waals surface area contributed by atoms with Gasteiger partial charge in [0.2, 0.25) is 10.8 Å². The molecule has 170 valence electrons. The predicted octanol–water partition coefficient (Wildman–Crippen LogP) is 3.62. The normalized spacial score (nSPS) is 16.3. The van der Waals surface area contributed by atoms with Gasteiger partial charge in [-0.05, 0) is 18.1 Å². The third kappa shape index (κ3) is 4.32. The first-order valence-electron chi connectivity index (χ1n) is 10.8.